The first-order valence-corrected chi connectivity index (χ1v) is 5.44. The molecule has 0 fully saturated rings. The van der Waals surface area contributed by atoms with Gasteiger partial charge in [-0.1, -0.05) is 34.1 Å². The third-order valence-electron chi connectivity index (χ3n) is 1.78. The molecule has 0 atom stereocenters. The van der Waals surface area contributed by atoms with Gasteiger partial charge in [-0.05, 0) is 6.07 Å². The summed E-state index contributed by atoms with van der Waals surface area (Å²) in [6.45, 7) is -0.0647. The average Bonchev–Trinajstić information content (AvgIpc) is 2.19. The fourth-order valence-electron chi connectivity index (χ4n) is 1.08. The lowest BCUT2D eigenvalue weighted by molar-refractivity contribution is -0.115. The minimum absolute atomic E-state index is 0.0530. The van der Waals surface area contributed by atoms with Crippen LogP contribution in [-0.4, -0.2) is 16.3 Å². The third-order valence-corrected chi connectivity index (χ3v) is 2.18. The van der Waals surface area contributed by atoms with Crippen molar-refractivity contribution in [3.05, 3.63) is 29.8 Å². The van der Waals surface area contributed by atoms with E-state index in [1.165, 1.54) is 0 Å². The molecule has 2 N–H and O–H groups in total. The Morgan fingerprint density at radius 3 is 2.79 bits per heavy atom. The van der Waals surface area contributed by atoms with E-state index in [9.17, 15) is 4.79 Å². The van der Waals surface area contributed by atoms with Crippen LogP contribution >= 0.6 is 15.9 Å². The summed E-state index contributed by atoms with van der Waals surface area (Å²) < 4.78 is 0. The van der Waals surface area contributed by atoms with E-state index in [4.69, 9.17) is 5.11 Å². The Labute approximate surface area is 91.3 Å². The van der Waals surface area contributed by atoms with E-state index in [2.05, 4.69) is 21.2 Å². The number of aliphatic hydroxyl groups excluding tert-OH is 1. The summed E-state index contributed by atoms with van der Waals surface area (Å²) in [7, 11) is 0. The number of aliphatic hydroxyl groups is 1. The molecular formula is C10H12BrNO2. The molecular weight excluding hydrogens is 246 g/mol. The van der Waals surface area contributed by atoms with Crippen LogP contribution in [0, 0.1) is 0 Å². The second-order valence-electron chi connectivity index (χ2n) is 2.80. The van der Waals surface area contributed by atoms with Crippen LogP contribution in [0.15, 0.2) is 24.3 Å². The molecule has 0 saturated heterocycles. The number of hydrogen-bond donors (Lipinski definition) is 2. The number of anilines is 1. The maximum atomic E-state index is 11.3. The summed E-state index contributed by atoms with van der Waals surface area (Å²) >= 11 is 3.19. The summed E-state index contributed by atoms with van der Waals surface area (Å²) in [5.41, 5.74) is 1.41. The molecule has 0 aromatic heterocycles. The highest BCUT2D eigenvalue weighted by molar-refractivity contribution is 9.09. The van der Waals surface area contributed by atoms with Gasteiger partial charge in [-0.25, -0.2) is 0 Å². The molecule has 0 aliphatic rings. The van der Waals surface area contributed by atoms with Crippen LogP contribution in [-0.2, 0) is 11.4 Å². The molecule has 0 spiro atoms. The number of nitrogens with one attached hydrogen (secondary N) is 1. The van der Waals surface area contributed by atoms with E-state index >= 15 is 0 Å². The monoisotopic (exact) mass is 257 g/mol. The van der Waals surface area contributed by atoms with Gasteiger partial charge >= 0.3 is 0 Å². The Hall–Kier alpha value is -0.870. The molecule has 0 radical (unpaired) electrons. The topological polar surface area (TPSA) is 49.3 Å². The Bertz CT molecular complexity index is 315. The van der Waals surface area contributed by atoms with Crippen molar-refractivity contribution in [2.75, 3.05) is 10.6 Å². The molecule has 0 aliphatic carbocycles. The molecule has 4 heteroatoms. The van der Waals surface area contributed by atoms with Gasteiger partial charge in [0.2, 0.25) is 5.91 Å². The Kier molecular flexibility index (Phi) is 4.62. The fourth-order valence-corrected chi connectivity index (χ4v) is 1.44. The van der Waals surface area contributed by atoms with E-state index < -0.39 is 0 Å². The van der Waals surface area contributed by atoms with Gasteiger partial charge in [0.05, 0.1) is 6.61 Å². The average molecular weight is 258 g/mol. The van der Waals surface area contributed by atoms with E-state index in [1.807, 2.05) is 12.1 Å². The summed E-state index contributed by atoms with van der Waals surface area (Å²) in [5, 5.41) is 12.4. The Morgan fingerprint density at radius 1 is 1.43 bits per heavy atom. The van der Waals surface area contributed by atoms with Gasteiger partial charge in [0.1, 0.15) is 0 Å². The van der Waals surface area contributed by atoms with Crippen LogP contribution in [0.4, 0.5) is 5.69 Å². The Morgan fingerprint density at radius 2 is 2.14 bits per heavy atom. The van der Waals surface area contributed by atoms with Crippen molar-refractivity contribution in [3.8, 4) is 0 Å². The minimum atomic E-state index is -0.0647. The maximum Gasteiger partial charge on any atom is 0.225 e. The molecule has 0 aliphatic heterocycles. The molecule has 3 nitrogen and oxygen atoms in total. The number of halogens is 1. The quantitative estimate of drug-likeness (QED) is 0.810. The number of carbonyl (C=O) groups excluding carboxylic acids is 1. The van der Waals surface area contributed by atoms with Gasteiger partial charge in [0, 0.05) is 23.0 Å². The molecule has 0 saturated carbocycles. The first-order chi connectivity index (χ1) is 6.77. The van der Waals surface area contributed by atoms with Gasteiger partial charge in [-0.15, -0.1) is 0 Å². The van der Waals surface area contributed by atoms with Crippen molar-refractivity contribution in [1.29, 1.82) is 0 Å². The van der Waals surface area contributed by atoms with Crippen molar-refractivity contribution in [2.24, 2.45) is 0 Å². The molecule has 76 valence electrons. The van der Waals surface area contributed by atoms with Gasteiger partial charge in [0.25, 0.3) is 0 Å². The van der Waals surface area contributed by atoms with Crippen molar-refractivity contribution in [1.82, 2.24) is 0 Å². The maximum absolute atomic E-state index is 11.3. The molecule has 1 aromatic rings. The predicted octanol–water partition coefficient (Wildman–Crippen LogP) is 1.90. The van der Waals surface area contributed by atoms with Gasteiger partial charge in [-0.2, -0.15) is 0 Å². The first-order valence-electron chi connectivity index (χ1n) is 4.32. The number of amides is 1. The molecule has 1 aromatic carbocycles. The summed E-state index contributed by atoms with van der Waals surface area (Å²) in [5.74, 6) is -0.0530. The van der Waals surface area contributed by atoms with E-state index in [0.29, 0.717) is 17.4 Å². The Balaban J connectivity index is 2.70. The zero-order valence-corrected chi connectivity index (χ0v) is 9.25. The van der Waals surface area contributed by atoms with Crippen LogP contribution < -0.4 is 5.32 Å². The molecule has 0 bridgehead atoms. The largest absolute Gasteiger partial charge is 0.392 e. The smallest absolute Gasteiger partial charge is 0.225 e. The number of para-hydroxylation sites is 1. The normalized spacial score (nSPS) is 9.86. The van der Waals surface area contributed by atoms with Crippen molar-refractivity contribution in [3.63, 3.8) is 0 Å². The highest BCUT2D eigenvalue weighted by Gasteiger charge is 2.04. The lowest BCUT2D eigenvalue weighted by Crippen LogP contribution is -2.12. The van der Waals surface area contributed by atoms with Gasteiger partial charge < -0.3 is 10.4 Å². The van der Waals surface area contributed by atoms with Crippen LogP contribution in [0.25, 0.3) is 0 Å². The summed E-state index contributed by atoms with van der Waals surface area (Å²) in [6.07, 6.45) is 0.430. The van der Waals surface area contributed by atoms with Crippen LogP contribution in [0.1, 0.15) is 12.0 Å². The highest BCUT2D eigenvalue weighted by Crippen LogP contribution is 2.14. The summed E-state index contributed by atoms with van der Waals surface area (Å²) in [6, 6.07) is 7.20. The molecule has 0 unspecified atom stereocenters. The van der Waals surface area contributed by atoms with Crippen LogP contribution in [0.2, 0.25) is 0 Å². The van der Waals surface area contributed by atoms with Crippen molar-refractivity contribution in [2.45, 2.75) is 13.0 Å². The standard InChI is InChI=1S/C10H12BrNO2/c11-6-5-10(14)12-9-4-2-1-3-8(9)7-13/h1-4,13H,5-7H2,(H,12,14). The lowest BCUT2D eigenvalue weighted by atomic mass is 10.2. The van der Waals surface area contributed by atoms with Crippen LogP contribution in [0.3, 0.4) is 0 Å². The zero-order valence-electron chi connectivity index (χ0n) is 7.66. The zero-order chi connectivity index (χ0) is 10.4. The summed E-state index contributed by atoms with van der Waals surface area (Å²) in [4.78, 5) is 11.3. The number of alkyl halides is 1. The molecule has 1 amide bonds. The fraction of sp³-hybridized carbons (Fsp3) is 0.300. The van der Waals surface area contributed by atoms with Gasteiger partial charge in [-0.3, -0.25) is 4.79 Å². The lowest BCUT2D eigenvalue weighted by Gasteiger charge is -2.07. The highest BCUT2D eigenvalue weighted by atomic mass is 79.9. The number of benzene rings is 1. The van der Waals surface area contributed by atoms with Crippen molar-refractivity contribution < 1.29 is 9.90 Å². The second-order valence-corrected chi connectivity index (χ2v) is 3.60. The minimum Gasteiger partial charge on any atom is -0.392 e. The van der Waals surface area contributed by atoms with E-state index in [-0.39, 0.29) is 12.5 Å². The number of carbonyl (C=O) groups is 1. The van der Waals surface area contributed by atoms with Gasteiger partial charge in [0.15, 0.2) is 0 Å². The molecule has 14 heavy (non-hydrogen) atoms. The predicted molar refractivity (Wildman–Crippen MR) is 59.4 cm³/mol. The molecule has 1 rings (SSSR count). The number of rotatable bonds is 4. The second kappa shape index (κ2) is 5.78. The third kappa shape index (κ3) is 3.12. The SMILES string of the molecule is O=C(CCBr)Nc1ccccc1CO. The first kappa shape index (κ1) is 11.2. The van der Waals surface area contributed by atoms with Crippen molar-refractivity contribution >= 4 is 27.5 Å². The number of hydrogen-bond acceptors (Lipinski definition) is 2. The van der Waals surface area contributed by atoms with E-state index in [1.54, 1.807) is 12.1 Å². The van der Waals surface area contributed by atoms with E-state index in [0.717, 1.165) is 5.56 Å². The molecule has 0 heterocycles. The van der Waals surface area contributed by atoms with Crippen LogP contribution in [0.5, 0.6) is 0 Å².